The van der Waals surface area contributed by atoms with Gasteiger partial charge in [-0.3, -0.25) is 4.99 Å². The Bertz CT molecular complexity index is 860. The van der Waals surface area contributed by atoms with Gasteiger partial charge in [0.1, 0.15) is 0 Å². The fraction of sp³-hybridized carbons (Fsp3) is 0.550. The molecule has 1 aromatic carbocycles. The van der Waals surface area contributed by atoms with Crippen molar-refractivity contribution < 1.29 is 8.42 Å². The summed E-state index contributed by atoms with van der Waals surface area (Å²) < 4.78 is 27.0. The number of fused-ring (bicyclic) bond motifs is 1. The monoisotopic (exact) mass is 407 g/mol. The molecule has 0 spiro atoms. The topological polar surface area (TPSA) is 78.7 Å². The van der Waals surface area contributed by atoms with E-state index in [1.54, 1.807) is 0 Å². The van der Waals surface area contributed by atoms with Crippen LogP contribution in [-0.4, -0.2) is 62.2 Å². The minimum Gasteiger partial charge on any atom is -0.357 e. The van der Waals surface area contributed by atoms with Gasteiger partial charge in [0.05, 0.1) is 6.26 Å². The van der Waals surface area contributed by atoms with Crippen molar-refractivity contribution in [2.75, 3.05) is 39.0 Å². The van der Waals surface area contributed by atoms with Gasteiger partial charge in [-0.25, -0.2) is 12.7 Å². The standard InChI is InChI=1S/C20H33N5O2S/c1-4-21-20(23-14-9-16-25(5-2)28(3,26)27)22-13-8-15-24-17-12-18-10-6-7-11-19(18)24/h6-7,10-12,17H,4-5,8-9,13-16H2,1-3H3,(H2,21,22,23). The molecule has 7 nitrogen and oxygen atoms in total. The normalized spacial score (nSPS) is 12.6. The summed E-state index contributed by atoms with van der Waals surface area (Å²) in [4.78, 5) is 4.63. The zero-order valence-electron chi connectivity index (χ0n) is 17.2. The molecule has 0 amide bonds. The summed E-state index contributed by atoms with van der Waals surface area (Å²) in [6.07, 6.45) is 5.07. The third-order valence-electron chi connectivity index (χ3n) is 4.55. The Kier molecular flexibility index (Phi) is 8.79. The van der Waals surface area contributed by atoms with Crippen LogP contribution in [-0.2, 0) is 16.6 Å². The van der Waals surface area contributed by atoms with E-state index >= 15 is 0 Å². The maximum atomic E-state index is 11.6. The Morgan fingerprint density at radius 1 is 1.14 bits per heavy atom. The first-order valence-electron chi connectivity index (χ1n) is 9.97. The van der Waals surface area contributed by atoms with E-state index in [9.17, 15) is 8.42 Å². The van der Waals surface area contributed by atoms with Crippen molar-refractivity contribution in [2.24, 2.45) is 4.99 Å². The van der Waals surface area contributed by atoms with E-state index in [4.69, 9.17) is 0 Å². The molecular weight excluding hydrogens is 374 g/mol. The SMILES string of the molecule is CCNC(=NCCCn1ccc2ccccc21)NCCCN(CC)S(C)(=O)=O. The molecule has 2 rings (SSSR count). The molecule has 2 aromatic rings. The van der Waals surface area contributed by atoms with Gasteiger partial charge >= 0.3 is 0 Å². The van der Waals surface area contributed by atoms with Gasteiger partial charge in [-0.1, -0.05) is 25.1 Å². The Morgan fingerprint density at radius 2 is 1.93 bits per heavy atom. The molecule has 0 aliphatic heterocycles. The molecule has 1 aromatic heterocycles. The van der Waals surface area contributed by atoms with Crippen molar-refractivity contribution in [3.63, 3.8) is 0 Å². The number of benzene rings is 1. The van der Waals surface area contributed by atoms with Crippen LogP contribution in [0.4, 0.5) is 0 Å². The van der Waals surface area contributed by atoms with Crippen molar-refractivity contribution in [1.29, 1.82) is 0 Å². The van der Waals surface area contributed by atoms with Gasteiger partial charge < -0.3 is 15.2 Å². The molecule has 8 heteroatoms. The number of aryl methyl sites for hydroxylation is 1. The molecule has 156 valence electrons. The zero-order valence-corrected chi connectivity index (χ0v) is 18.0. The number of rotatable bonds is 11. The van der Waals surface area contributed by atoms with Crippen LogP contribution >= 0.6 is 0 Å². The predicted molar refractivity (Wildman–Crippen MR) is 117 cm³/mol. The Hall–Kier alpha value is -2.06. The zero-order chi connectivity index (χ0) is 20.4. The van der Waals surface area contributed by atoms with Crippen LogP contribution in [0.1, 0.15) is 26.7 Å². The van der Waals surface area contributed by atoms with Crippen molar-refractivity contribution in [2.45, 2.75) is 33.2 Å². The van der Waals surface area contributed by atoms with Crippen LogP contribution in [0, 0.1) is 0 Å². The van der Waals surface area contributed by atoms with Crippen LogP contribution in [0.2, 0.25) is 0 Å². The molecular formula is C20H33N5O2S. The Balaban J connectivity index is 1.77. The molecule has 0 atom stereocenters. The van der Waals surface area contributed by atoms with Gasteiger partial charge in [0.15, 0.2) is 5.96 Å². The number of para-hydroxylation sites is 1. The number of nitrogens with zero attached hydrogens (tertiary/aromatic N) is 3. The highest BCUT2D eigenvalue weighted by Gasteiger charge is 2.13. The van der Waals surface area contributed by atoms with Crippen molar-refractivity contribution in [3.05, 3.63) is 36.5 Å². The average molecular weight is 408 g/mol. The fourth-order valence-electron chi connectivity index (χ4n) is 3.13. The number of aromatic nitrogens is 1. The number of nitrogens with one attached hydrogen (secondary N) is 2. The number of hydrogen-bond donors (Lipinski definition) is 2. The smallest absolute Gasteiger partial charge is 0.211 e. The first-order valence-corrected chi connectivity index (χ1v) is 11.8. The van der Waals surface area contributed by atoms with E-state index in [0.29, 0.717) is 19.6 Å². The van der Waals surface area contributed by atoms with Crippen LogP contribution in [0.15, 0.2) is 41.5 Å². The lowest BCUT2D eigenvalue weighted by Crippen LogP contribution is -2.39. The van der Waals surface area contributed by atoms with Crippen molar-refractivity contribution >= 4 is 26.9 Å². The van der Waals surface area contributed by atoms with Gasteiger partial charge in [0.2, 0.25) is 10.0 Å². The predicted octanol–water partition coefficient (Wildman–Crippen LogP) is 2.26. The van der Waals surface area contributed by atoms with E-state index in [2.05, 4.69) is 56.7 Å². The summed E-state index contributed by atoms with van der Waals surface area (Å²) in [5.74, 6) is 0.780. The largest absolute Gasteiger partial charge is 0.357 e. The molecule has 0 unspecified atom stereocenters. The molecule has 0 aliphatic rings. The fourth-order valence-corrected chi connectivity index (χ4v) is 4.06. The van der Waals surface area contributed by atoms with Gasteiger partial charge in [0, 0.05) is 51.0 Å². The van der Waals surface area contributed by atoms with Gasteiger partial charge in [-0.2, -0.15) is 0 Å². The van der Waals surface area contributed by atoms with Crippen LogP contribution < -0.4 is 10.6 Å². The molecule has 0 fully saturated rings. The van der Waals surface area contributed by atoms with E-state index in [0.717, 1.165) is 38.4 Å². The lowest BCUT2D eigenvalue weighted by molar-refractivity contribution is 0.424. The summed E-state index contributed by atoms with van der Waals surface area (Å²) in [6, 6.07) is 10.5. The molecule has 28 heavy (non-hydrogen) atoms. The maximum Gasteiger partial charge on any atom is 0.211 e. The third-order valence-corrected chi connectivity index (χ3v) is 5.93. The Labute approximate surface area is 168 Å². The van der Waals surface area contributed by atoms with E-state index < -0.39 is 10.0 Å². The summed E-state index contributed by atoms with van der Waals surface area (Å²) >= 11 is 0. The van der Waals surface area contributed by atoms with Crippen LogP contribution in [0.3, 0.4) is 0 Å². The summed E-state index contributed by atoms with van der Waals surface area (Å²) in [6.45, 7) is 8.03. The van der Waals surface area contributed by atoms with E-state index in [1.807, 2.05) is 13.8 Å². The van der Waals surface area contributed by atoms with Crippen LogP contribution in [0.5, 0.6) is 0 Å². The summed E-state index contributed by atoms with van der Waals surface area (Å²) in [7, 11) is -3.12. The summed E-state index contributed by atoms with van der Waals surface area (Å²) in [5, 5.41) is 7.78. The number of hydrogen-bond acceptors (Lipinski definition) is 3. The third kappa shape index (κ3) is 6.83. The molecule has 1 heterocycles. The number of guanidine groups is 1. The van der Waals surface area contributed by atoms with Crippen molar-refractivity contribution in [1.82, 2.24) is 19.5 Å². The highest BCUT2D eigenvalue weighted by Crippen LogP contribution is 2.15. The van der Waals surface area contributed by atoms with Gasteiger partial charge in [-0.15, -0.1) is 0 Å². The molecule has 0 radical (unpaired) electrons. The molecule has 0 saturated carbocycles. The summed E-state index contributed by atoms with van der Waals surface area (Å²) in [5.41, 5.74) is 1.25. The highest BCUT2D eigenvalue weighted by atomic mass is 32.2. The molecule has 0 saturated heterocycles. The average Bonchev–Trinajstić information content (AvgIpc) is 3.07. The van der Waals surface area contributed by atoms with Crippen molar-refractivity contribution in [3.8, 4) is 0 Å². The van der Waals surface area contributed by atoms with Gasteiger partial charge in [-0.05, 0) is 37.3 Å². The first-order chi connectivity index (χ1) is 13.5. The molecule has 0 aliphatic carbocycles. The maximum absolute atomic E-state index is 11.6. The Morgan fingerprint density at radius 3 is 2.64 bits per heavy atom. The van der Waals surface area contributed by atoms with E-state index in [-0.39, 0.29) is 0 Å². The lowest BCUT2D eigenvalue weighted by atomic mass is 10.2. The second-order valence-electron chi connectivity index (χ2n) is 6.72. The lowest BCUT2D eigenvalue weighted by Gasteiger charge is -2.18. The first kappa shape index (κ1) is 22.2. The quantitative estimate of drug-likeness (QED) is 0.340. The highest BCUT2D eigenvalue weighted by molar-refractivity contribution is 7.88. The van der Waals surface area contributed by atoms with E-state index in [1.165, 1.54) is 21.5 Å². The second-order valence-corrected chi connectivity index (χ2v) is 8.70. The molecule has 2 N–H and O–H groups in total. The number of aliphatic imine (C=N–C) groups is 1. The number of sulfonamides is 1. The second kappa shape index (κ2) is 11.1. The molecule has 0 bridgehead atoms. The minimum atomic E-state index is -3.12. The van der Waals surface area contributed by atoms with Gasteiger partial charge in [0.25, 0.3) is 0 Å². The minimum absolute atomic E-state index is 0.501. The van der Waals surface area contributed by atoms with Crippen LogP contribution in [0.25, 0.3) is 10.9 Å².